The molecule has 0 unspecified atom stereocenters. The fourth-order valence-electron chi connectivity index (χ4n) is 3.37. The van der Waals surface area contributed by atoms with E-state index in [0.29, 0.717) is 19.4 Å². The van der Waals surface area contributed by atoms with Gasteiger partial charge in [-0.05, 0) is 30.4 Å². The summed E-state index contributed by atoms with van der Waals surface area (Å²) in [6, 6.07) is 15.9. The molecule has 0 radical (unpaired) electrons. The van der Waals surface area contributed by atoms with E-state index in [9.17, 15) is 19.2 Å². The first-order valence-electron chi connectivity index (χ1n) is 11.6. The van der Waals surface area contributed by atoms with Crippen LogP contribution in [0.5, 0.6) is 0 Å². The molecule has 3 amide bonds. The van der Waals surface area contributed by atoms with E-state index in [1.54, 1.807) is 0 Å². The second kappa shape index (κ2) is 15.8. The van der Waals surface area contributed by atoms with Crippen LogP contribution < -0.4 is 16.0 Å². The van der Waals surface area contributed by atoms with E-state index in [0.717, 1.165) is 11.1 Å². The summed E-state index contributed by atoms with van der Waals surface area (Å²) in [6.45, 7) is 0.516. The Labute approximate surface area is 210 Å². The summed E-state index contributed by atoms with van der Waals surface area (Å²) >= 11 is 0. The van der Waals surface area contributed by atoms with Crippen molar-refractivity contribution in [1.29, 1.82) is 0 Å². The summed E-state index contributed by atoms with van der Waals surface area (Å²) in [5.41, 5.74) is 1.73. The van der Waals surface area contributed by atoms with Gasteiger partial charge in [-0.15, -0.1) is 0 Å². The van der Waals surface area contributed by atoms with Crippen LogP contribution in [-0.2, 0) is 36.8 Å². The van der Waals surface area contributed by atoms with Crippen molar-refractivity contribution in [2.24, 2.45) is 0 Å². The Bertz CT molecular complexity index is 970. The molecule has 194 valence electrons. The third-order valence-electron chi connectivity index (χ3n) is 5.27. The molecule has 0 fully saturated rings. The normalized spacial score (nSPS) is 11.9. The second-order valence-corrected chi connectivity index (χ2v) is 7.94. The predicted octanol–water partition coefficient (Wildman–Crippen LogP) is 2.71. The van der Waals surface area contributed by atoms with Crippen molar-refractivity contribution in [1.82, 2.24) is 16.0 Å². The van der Waals surface area contributed by atoms with Crippen LogP contribution in [0.3, 0.4) is 0 Å². The zero-order chi connectivity index (χ0) is 26.2. The lowest BCUT2D eigenvalue weighted by molar-refractivity contribution is -0.143. The van der Waals surface area contributed by atoms with Gasteiger partial charge in [0.2, 0.25) is 0 Å². The van der Waals surface area contributed by atoms with Crippen molar-refractivity contribution in [2.45, 2.75) is 44.4 Å². The number of esters is 2. The number of carbonyl (C=O) groups is 4. The molecule has 10 heteroatoms. The molecule has 0 aliphatic heterocycles. The van der Waals surface area contributed by atoms with E-state index in [1.807, 2.05) is 60.7 Å². The highest BCUT2D eigenvalue weighted by atomic mass is 16.5. The number of amides is 3. The Morgan fingerprint density at radius 2 is 1.31 bits per heavy atom. The minimum Gasteiger partial charge on any atom is -0.467 e. The first-order chi connectivity index (χ1) is 17.4. The second-order valence-electron chi connectivity index (χ2n) is 7.94. The van der Waals surface area contributed by atoms with Gasteiger partial charge >= 0.3 is 24.1 Å². The monoisotopic (exact) mass is 499 g/mol. The van der Waals surface area contributed by atoms with Crippen LogP contribution in [0.15, 0.2) is 60.7 Å². The van der Waals surface area contributed by atoms with Gasteiger partial charge in [-0.25, -0.2) is 19.2 Å². The Morgan fingerprint density at radius 3 is 1.92 bits per heavy atom. The predicted molar refractivity (Wildman–Crippen MR) is 132 cm³/mol. The number of methoxy groups -OCH3 is 2. The first kappa shape index (κ1) is 28.2. The lowest BCUT2D eigenvalue weighted by atomic mass is 10.1. The summed E-state index contributed by atoms with van der Waals surface area (Å²) < 4.78 is 14.7. The van der Waals surface area contributed by atoms with Gasteiger partial charge < -0.3 is 30.2 Å². The fraction of sp³-hybridized carbons (Fsp3) is 0.385. The highest BCUT2D eigenvalue weighted by Crippen LogP contribution is 2.07. The van der Waals surface area contributed by atoms with Crippen LogP contribution in [0.25, 0.3) is 0 Å². The number of rotatable bonds is 13. The molecule has 0 aromatic heterocycles. The van der Waals surface area contributed by atoms with Gasteiger partial charge in [0, 0.05) is 13.0 Å². The number of benzene rings is 2. The average molecular weight is 500 g/mol. The highest BCUT2D eigenvalue weighted by Gasteiger charge is 2.26. The molecule has 2 aromatic carbocycles. The Kier molecular flexibility index (Phi) is 12.3. The molecule has 36 heavy (non-hydrogen) atoms. The van der Waals surface area contributed by atoms with E-state index >= 15 is 0 Å². The molecule has 0 aliphatic carbocycles. The zero-order valence-corrected chi connectivity index (χ0v) is 20.5. The number of nitrogens with one attached hydrogen (secondary N) is 3. The van der Waals surface area contributed by atoms with Crippen molar-refractivity contribution in [3.8, 4) is 0 Å². The quantitative estimate of drug-likeness (QED) is 0.219. The molecule has 0 saturated carbocycles. The summed E-state index contributed by atoms with van der Waals surface area (Å²) in [5.74, 6) is -1.22. The van der Waals surface area contributed by atoms with Gasteiger partial charge in [-0.1, -0.05) is 60.7 Å². The number of urea groups is 1. The molecule has 3 N–H and O–H groups in total. The van der Waals surface area contributed by atoms with E-state index in [1.165, 1.54) is 14.2 Å². The maximum Gasteiger partial charge on any atom is 0.407 e. The van der Waals surface area contributed by atoms with Gasteiger partial charge in [-0.3, -0.25) is 0 Å². The minimum atomic E-state index is -0.929. The standard InChI is InChI=1S/C26H33N3O7/c1-34-23(30)21(15-9-10-16-27-26(33)36-18-20-13-7-4-8-14-20)28-25(32)29-22(24(31)35-2)17-19-11-5-3-6-12-19/h3-8,11-14,21-22H,9-10,15-18H2,1-2H3,(H,27,33)(H2,28,29,32)/t21-,22-/m0/s1. The van der Waals surface area contributed by atoms with Gasteiger partial charge in [0.15, 0.2) is 0 Å². The van der Waals surface area contributed by atoms with E-state index in [-0.39, 0.29) is 19.4 Å². The molecular formula is C26H33N3O7. The molecule has 2 aromatic rings. The third kappa shape index (κ3) is 10.5. The SMILES string of the molecule is COC(=O)[C@H](CCCCNC(=O)OCc1ccccc1)NC(=O)N[C@@H](Cc1ccccc1)C(=O)OC. The molecule has 0 aliphatic rings. The van der Waals surface area contributed by atoms with Crippen LogP contribution in [0.2, 0.25) is 0 Å². The molecule has 0 saturated heterocycles. The maximum absolute atomic E-state index is 12.6. The van der Waals surface area contributed by atoms with Gasteiger partial charge in [0.05, 0.1) is 14.2 Å². The fourth-order valence-corrected chi connectivity index (χ4v) is 3.37. The largest absolute Gasteiger partial charge is 0.467 e. The smallest absolute Gasteiger partial charge is 0.407 e. The minimum absolute atomic E-state index is 0.174. The van der Waals surface area contributed by atoms with Crippen LogP contribution in [0.1, 0.15) is 30.4 Å². The number of unbranched alkanes of at least 4 members (excludes halogenated alkanes) is 1. The van der Waals surface area contributed by atoms with E-state index in [4.69, 9.17) is 14.2 Å². The lowest BCUT2D eigenvalue weighted by Crippen LogP contribution is -2.52. The Morgan fingerprint density at radius 1 is 0.750 bits per heavy atom. The van der Waals surface area contributed by atoms with E-state index < -0.39 is 36.1 Å². The first-order valence-corrected chi connectivity index (χ1v) is 11.6. The number of carbonyl (C=O) groups excluding carboxylic acids is 4. The molecule has 2 atom stereocenters. The average Bonchev–Trinajstić information content (AvgIpc) is 2.90. The van der Waals surface area contributed by atoms with Gasteiger partial charge in [-0.2, -0.15) is 0 Å². The molecule has 10 nitrogen and oxygen atoms in total. The lowest BCUT2D eigenvalue weighted by Gasteiger charge is -2.20. The summed E-state index contributed by atoms with van der Waals surface area (Å²) in [4.78, 5) is 48.7. The maximum atomic E-state index is 12.6. The summed E-state index contributed by atoms with van der Waals surface area (Å²) in [7, 11) is 2.47. The van der Waals surface area contributed by atoms with Crippen LogP contribution >= 0.6 is 0 Å². The van der Waals surface area contributed by atoms with Gasteiger partial charge in [0.25, 0.3) is 0 Å². The number of alkyl carbamates (subject to hydrolysis) is 1. The Balaban J connectivity index is 1.76. The number of hydrogen-bond donors (Lipinski definition) is 3. The van der Waals surface area contributed by atoms with Crippen LogP contribution in [-0.4, -0.2) is 56.9 Å². The number of ether oxygens (including phenoxy) is 3. The van der Waals surface area contributed by atoms with Crippen molar-refractivity contribution in [2.75, 3.05) is 20.8 Å². The van der Waals surface area contributed by atoms with Crippen LogP contribution in [0.4, 0.5) is 9.59 Å². The molecular weight excluding hydrogens is 466 g/mol. The number of hydrogen-bond acceptors (Lipinski definition) is 7. The van der Waals surface area contributed by atoms with Crippen molar-refractivity contribution < 1.29 is 33.4 Å². The Hall–Kier alpha value is -4.08. The van der Waals surface area contributed by atoms with Crippen LogP contribution in [0, 0.1) is 0 Å². The molecule has 0 spiro atoms. The molecule has 0 heterocycles. The van der Waals surface area contributed by atoms with E-state index in [2.05, 4.69) is 16.0 Å². The zero-order valence-electron chi connectivity index (χ0n) is 20.5. The topological polar surface area (TPSA) is 132 Å². The van der Waals surface area contributed by atoms with Crippen molar-refractivity contribution in [3.63, 3.8) is 0 Å². The van der Waals surface area contributed by atoms with Crippen molar-refractivity contribution >= 4 is 24.1 Å². The summed E-state index contributed by atoms with van der Waals surface area (Å²) in [5, 5.41) is 7.77. The summed E-state index contributed by atoms with van der Waals surface area (Å²) in [6.07, 6.45) is 1.05. The highest BCUT2D eigenvalue weighted by molar-refractivity contribution is 5.87. The third-order valence-corrected chi connectivity index (χ3v) is 5.27. The molecule has 0 bridgehead atoms. The van der Waals surface area contributed by atoms with Crippen molar-refractivity contribution in [3.05, 3.63) is 71.8 Å². The molecule has 2 rings (SSSR count). The van der Waals surface area contributed by atoms with Gasteiger partial charge in [0.1, 0.15) is 18.7 Å².